The molecule has 2 N–H and O–H groups in total. The van der Waals surface area contributed by atoms with E-state index in [1.54, 1.807) is 30.3 Å². The summed E-state index contributed by atoms with van der Waals surface area (Å²) in [4.78, 5) is 25.3. The number of hydrogen-bond donors (Lipinski definition) is 2. The number of nitrogens with one attached hydrogen (secondary N) is 2. The molecule has 0 saturated heterocycles. The number of benzene rings is 1. The third-order valence-corrected chi connectivity index (χ3v) is 5.75. The number of hydrogen-bond acceptors (Lipinski definition) is 6. The SMILES string of the molecule is CCCCc1nnc(NC(=O)c2ccc(Cl)c(NC(=O)c3cccs3)c2)s1. The highest BCUT2D eigenvalue weighted by Gasteiger charge is 2.14. The number of aromatic nitrogens is 2. The summed E-state index contributed by atoms with van der Waals surface area (Å²) in [5, 5.41) is 17.1. The fraction of sp³-hybridized carbons (Fsp3) is 0.222. The Balaban J connectivity index is 1.70. The van der Waals surface area contributed by atoms with Crippen LogP contribution in [-0.4, -0.2) is 22.0 Å². The monoisotopic (exact) mass is 420 g/mol. The molecule has 0 aliphatic rings. The van der Waals surface area contributed by atoms with Gasteiger partial charge in [-0.25, -0.2) is 0 Å². The lowest BCUT2D eigenvalue weighted by Gasteiger charge is -2.08. The minimum Gasteiger partial charge on any atom is -0.320 e. The number of carbonyl (C=O) groups excluding carboxylic acids is 2. The Morgan fingerprint density at radius 2 is 2.00 bits per heavy atom. The summed E-state index contributed by atoms with van der Waals surface area (Å²) in [6.07, 6.45) is 2.96. The molecule has 0 fully saturated rings. The lowest BCUT2D eigenvalue weighted by Crippen LogP contribution is -2.14. The van der Waals surface area contributed by atoms with Crippen molar-refractivity contribution in [2.75, 3.05) is 10.6 Å². The Kier molecular flexibility index (Phi) is 6.54. The summed E-state index contributed by atoms with van der Waals surface area (Å²) >= 11 is 8.85. The van der Waals surface area contributed by atoms with Gasteiger partial charge in [0.05, 0.1) is 15.6 Å². The van der Waals surface area contributed by atoms with Gasteiger partial charge in [-0.3, -0.25) is 14.9 Å². The van der Waals surface area contributed by atoms with Crippen LogP contribution in [-0.2, 0) is 6.42 Å². The first-order valence-corrected chi connectivity index (χ1v) is 10.4. The van der Waals surface area contributed by atoms with Gasteiger partial charge in [-0.1, -0.05) is 42.3 Å². The maximum absolute atomic E-state index is 12.5. The molecule has 140 valence electrons. The zero-order chi connectivity index (χ0) is 19.2. The molecule has 6 nitrogen and oxygen atoms in total. The second-order valence-corrected chi connectivity index (χ2v) is 8.10. The number of anilines is 2. The van der Waals surface area contributed by atoms with Crippen molar-refractivity contribution in [3.63, 3.8) is 0 Å². The van der Waals surface area contributed by atoms with E-state index in [4.69, 9.17) is 11.6 Å². The minimum absolute atomic E-state index is 0.269. The molecule has 0 saturated carbocycles. The fourth-order valence-corrected chi connectivity index (χ4v) is 3.82. The molecule has 0 aliphatic carbocycles. The van der Waals surface area contributed by atoms with Crippen molar-refractivity contribution in [3.8, 4) is 0 Å². The largest absolute Gasteiger partial charge is 0.320 e. The Morgan fingerprint density at radius 1 is 1.15 bits per heavy atom. The number of unbranched alkanes of at least 4 members (excludes halogenated alkanes) is 1. The molecule has 1 aromatic carbocycles. The molecule has 0 bridgehead atoms. The van der Waals surface area contributed by atoms with Crippen molar-refractivity contribution in [2.24, 2.45) is 0 Å². The van der Waals surface area contributed by atoms with E-state index in [9.17, 15) is 9.59 Å². The Bertz CT molecular complexity index is 941. The number of amides is 2. The van der Waals surface area contributed by atoms with Gasteiger partial charge >= 0.3 is 0 Å². The van der Waals surface area contributed by atoms with Gasteiger partial charge in [0, 0.05) is 12.0 Å². The second-order valence-electron chi connectivity index (χ2n) is 5.68. The smallest absolute Gasteiger partial charge is 0.265 e. The van der Waals surface area contributed by atoms with E-state index in [2.05, 4.69) is 27.8 Å². The molecule has 2 heterocycles. The summed E-state index contributed by atoms with van der Waals surface area (Å²) in [6, 6.07) is 8.23. The molecule has 0 spiro atoms. The van der Waals surface area contributed by atoms with Crippen LogP contribution < -0.4 is 10.6 Å². The third kappa shape index (κ3) is 5.12. The van der Waals surface area contributed by atoms with Gasteiger partial charge in [0.1, 0.15) is 5.01 Å². The van der Waals surface area contributed by atoms with Gasteiger partial charge in [0.25, 0.3) is 11.8 Å². The highest BCUT2D eigenvalue weighted by atomic mass is 35.5. The minimum atomic E-state index is -0.337. The number of aryl methyl sites for hydroxylation is 1. The average Bonchev–Trinajstić information content (AvgIpc) is 3.33. The van der Waals surface area contributed by atoms with Crippen LogP contribution in [0.3, 0.4) is 0 Å². The zero-order valence-electron chi connectivity index (χ0n) is 14.5. The number of rotatable bonds is 7. The van der Waals surface area contributed by atoms with Crippen LogP contribution in [0, 0.1) is 0 Å². The van der Waals surface area contributed by atoms with E-state index in [0.29, 0.717) is 26.3 Å². The van der Waals surface area contributed by atoms with Crippen molar-refractivity contribution in [1.29, 1.82) is 0 Å². The predicted molar refractivity (Wildman–Crippen MR) is 110 cm³/mol. The van der Waals surface area contributed by atoms with Crippen molar-refractivity contribution >= 4 is 56.9 Å². The van der Waals surface area contributed by atoms with Gasteiger partial charge < -0.3 is 5.32 Å². The topological polar surface area (TPSA) is 84.0 Å². The number of carbonyl (C=O) groups is 2. The maximum Gasteiger partial charge on any atom is 0.265 e. The molecule has 9 heteroatoms. The summed E-state index contributed by atoms with van der Waals surface area (Å²) < 4.78 is 0. The summed E-state index contributed by atoms with van der Waals surface area (Å²) in [5.74, 6) is -0.606. The molecule has 0 radical (unpaired) electrons. The van der Waals surface area contributed by atoms with Crippen molar-refractivity contribution in [2.45, 2.75) is 26.2 Å². The molecular formula is C18H17ClN4O2S2. The van der Waals surface area contributed by atoms with Crippen LogP contribution in [0.2, 0.25) is 5.02 Å². The summed E-state index contributed by atoms with van der Waals surface area (Å²) in [6.45, 7) is 2.11. The first-order chi connectivity index (χ1) is 13.1. The Labute approximate surface area is 169 Å². The van der Waals surface area contributed by atoms with Crippen LogP contribution in [0.1, 0.15) is 44.8 Å². The first-order valence-electron chi connectivity index (χ1n) is 8.35. The van der Waals surface area contributed by atoms with Gasteiger partial charge in [0.15, 0.2) is 0 Å². The van der Waals surface area contributed by atoms with Crippen LogP contribution in [0.4, 0.5) is 10.8 Å². The van der Waals surface area contributed by atoms with Crippen molar-refractivity contribution in [3.05, 3.63) is 56.2 Å². The molecule has 3 rings (SSSR count). The molecule has 2 amide bonds. The van der Waals surface area contributed by atoms with E-state index in [1.165, 1.54) is 22.7 Å². The number of thiophene rings is 1. The first kappa shape index (κ1) is 19.5. The molecule has 0 atom stereocenters. The van der Waals surface area contributed by atoms with Crippen LogP contribution in [0.15, 0.2) is 35.7 Å². The van der Waals surface area contributed by atoms with Gasteiger partial charge in [-0.15, -0.1) is 21.5 Å². The second kappa shape index (κ2) is 9.07. The third-order valence-electron chi connectivity index (χ3n) is 3.65. The zero-order valence-corrected chi connectivity index (χ0v) is 16.9. The maximum atomic E-state index is 12.5. The van der Waals surface area contributed by atoms with Gasteiger partial charge in [0.2, 0.25) is 5.13 Å². The molecular weight excluding hydrogens is 404 g/mol. The average molecular weight is 421 g/mol. The standard InChI is InChI=1S/C18H17ClN4O2S2/c1-2-3-6-15-22-23-18(27-15)21-16(24)11-7-8-12(19)13(10-11)20-17(25)14-5-4-9-26-14/h4-5,7-10H,2-3,6H2,1H3,(H,20,25)(H,21,23,24). The highest BCUT2D eigenvalue weighted by molar-refractivity contribution is 7.15. The summed E-state index contributed by atoms with van der Waals surface area (Å²) in [5.41, 5.74) is 0.745. The Morgan fingerprint density at radius 3 is 2.74 bits per heavy atom. The quantitative estimate of drug-likeness (QED) is 0.556. The van der Waals surface area contributed by atoms with Gasteiger partial charge in [-0.05, 0) is 36.1 Å². The van der Waals surface area contributed by atoms with E-state index >= 15 is 0 Å². The van der Waals surface area contributed by atoms with Crippen LogP contribution >= 0.6 is 34.3 Å². The van der Waals surface area contributed by atoms with E-state index < -0.39 is 0 Å². The molecule has 27 heavy (non-hydrogen) atoms. The fourth-order valence-electron chi connectivity index (χ4n) is 2.26. The molecule has 0 aliphatic heterocycles. The molecule has 0 unspecified atom stereocenters. The molecule has 2 aromatic heterocycles. The number of halogens is 1. The van der Waals surface area contributed by atoms with Crippen molar-refractivity contribution < 1.29 is 9.59 Å². The normalized spacial score (nSPS) is 10.6. The van der Waals surface area contributed by atoms with Gasteiger partial charge in [-0.2, -0.15) is 0 Å². The van der Waals surface area contributed by atoms with E-state index in [-0.39, 0.29) is 11.8 Å². The summed E-state index contributed by atoms with van der Waals surface area (Å²) in [7, 11) is 0. The predicted octanol–water partition coefficient (Wildman–Crippen LogP) is 5.10. The Hall–Kier alpha value is -2.29. The lowest BCUT2D eigenvalue weighted by atomic mass is 10.2. The lowest BCUT2D eigenvalue weighted by molar-refractivity contribution is 0.101. The highest BCUT2D eigenvalue weighted by Crippen LogP contribution is 2.25. The van der Waals surface area contributed by atoms with E-state index in [1.807, 2.05) is 5.38 Å². The number of nitrogens with zero attached hydrogens (tertiary/aromatic N) is 2. The van der Waals surface area contributed by atoms with E-state index in [0.717, 1.165) is 24.3 Å². The molecule has 3 aromatic rings. The van der Waals surface area contributed by atoms with Crippen LogP contribution in [0.25, 0.3) is 0 Å². The van der Waals surface area contributed by atoms with Crippen LogP contribution in [0.5, 0.6) is 0 Å². The van der Waals surface area contributed by atoms with Crippen molar-refractivity contribution in [1.82, 2.24) is 10.2 Å².